The lowest BCUT2D eigenvalue weighted by atomic mass is 10.1. The largest absolute Gasteiger partial charge is 0.392 e. The highest BCUT2D eigenvalue weighted by Crippen LogP contribution is 2.28. The zero-order chi connectivity index (χ0) is 17.6. The Morgan fingerprint density at radius 3 is 2.64 bits per heavy atom. The van der Waals surface area contributed by atoms with Crippen LogP contribution in [0.5, 0.6) is 0 Å². The first-order valence-electron chi connectivity index (χ1n) is 8.73. The van der Waals surface area contributed by atoms with E-state index in [0.29, 0.717) is 13.1 Å². The maximum atomic E-state index is 12.1. The van der Waals surface area contributed by atoms with Gasteiger partial charge in [0, 0.05) is 31.4 Å². The van der Waals surface area contributed by atoms with Gasteiger partial charge in [0.25, 0.3) is 0 Å². The zero-order valence-electron chi connectivity index (χ0n) is 14.5. The third kappa shape index (κ3) is 4.12. The smallest absolute Gasteiger partial charge is 0.315 e. The highest BCUT2D eigenvalue weighted by Gasteiger charge is 2.22. The average molecular weight is 339 g/mol. The van der Waals surface area contributed by atoms with E-state index in [4.69, 9.17) is 0 Å². The Labute approximate surface area is 148 Å². The van der Waals surface area contributed by atoms with Crippen molar-refractivity contribution in [2.75, 3.05) is 18.0 Å². The van der Waals surface area contributed by atoms with Gasteiger partial charge < -0.3 is 20.6 Å². The number of nitrogens with zero attached hydrogens (tertiary/aromatic N) is 1. The normalized spacial score (nSPS) is 14.1. The van der Waals surface area contributed by atoms with E-state index in [1.54, 1.807) is 0 Å². The van der Waals surface area contributed by atoms with Crippen molar-refractivity contribution in [3.05, 3.63) is 65.2 Å². The van der Waals surface area contributed by atoms with Crippen molar-refractivity contribution in [3.8, 4) is 0 Å². The maximum absolute atomic E-state index is 12.1. The number of rotatable bonds is 6. The number of aliphatic hydroxyl groups excluding tert-OH is 1. The number of urea groups is 1. The fraction of sp³-hybridized carbons (Fsp3) is 0.350. The van der Waals surface area contributed by atoms with Crippen LogP contribution in [0.1, 0.15) is 23.6 Å². The molecule has 5 heteroatoms. The molecule has 2 aromatic carbocycles. The summed E-state index contributed by atoms with van der Waals surface area (Å²) in [6, 6.07) is 16.0. The molecule has 0 saturated heterocycles. The lowest BCUT2D eigenvalue weighted by molar-refractivity contribution is 0.239. The van der Waals surface area contributed by atoms with Crippen molar-refractivity contribution in [2.45, 2.75) is 32.5 Å². The molecule has 0 bridgehead atoms. The molecule has 1 heterocycles. The standard InChI is InChI=1S/C20H25N3O2/c1-15(23-11-10-16-6-4-5-9-19(16)23)12-21-20(25)22-13-17-7-2-3-8-18(17)14-24/h2-9,15,24H,10-14H2,1H3,(H2,21,22,25). The summed E-state index contributed by atoms with van der Waals surface area (Å²) in [6.45, 7) is 4.09. The third-order valence-corrected chi connectivity index (χ3v) is 4.74. The maximum Gasteiger partial charge on any atom is 0.315 e. The topological polar surface area (TPSA) is 64.6 Å². The summed E-state index contributed by atoms with van der Waals surface area (Å²) in [7, 11) is 0. The molecule has 25 heavy (non-hydrogen) atoms. The minimum atomic E-state index is -0.188. The number of hydrogen-bond donors (Lipinski definition) is 3. The van der Waals surface area contributed by atoms with Crippen molar-refractivity contribution < 1.29 is 9.90 Å². The van der Waals surface area contributed by atoms with E-state index in [2.05, 4.69) is 46.7 Å². The zero-order valence-corrected chi connectivity index (χ0v) is 14.5. The van der Waals surface area contributed by atoms with Gasteiger partial charge in [-0.2, -0.15) is 0 Å². The third-order valence-electron chi connectivity index (χ3n) is 4.74. The van der Waals surface area contributed by atoms with E-state index < -0.39 is 0 Å². The summed E-state index contributed by atoms with van der Waals surface area (Å²) < 4.78 is 0. The molecule has 0 fully saturated rings. The fourth-order valence-corrected chi connectivity index (χ4v) is 3.29. The van der Waals surface area contributed by atoms with E-state index in [9.17, 15) is 9.90 Å². The Morgan fingerprint density at radius 2 is 1.84 bits per heavy atom. The number of para-hydroxylation sites is 1. The van der Waals surface area contributed by atoms with Crippen LogP contribution in [-0.2, 0) is 19.6 Å². The first-order valence-corrected chi connectivity index (χ1v) is 8.73. The first kappa shape index (κ1) is 17.3. The molecule has 0 spiro atoms. The molecule has 3 N–H and O–H groups in total. The van der Waals surface area contributed by atoms with Gasteiger partial charge in [-0.15, -0.1) is 0 Å². The number of amides is 2. The number of anilines is 1. The lowest BCUT2D eigenvalue weighted by Gasteiger charge is -2.27. The van der Waals surface area contributed by atoms with Gasteiger partial charge in [0.2, 0.25) is 0 Å². The molecule has 132 valence electrons. The molecule has 1 unspecified atom stereocenters. The van der Waals surface area contributed by atoms with Crippen molar-refractivity contribution >= 4 is 11.7 Å². The number of carbonyl (C=O) groups is 1. The molecular formula is C20H25N3O2. The number of hydrogen-bond acceptors (Lipinski definition) is 3. The van der Waals surface area contributed by atoms with Gasteiger partial charge in [0.05, 0.1) is 6.61 Å². The van der Waals surface area contributed by atoms with Crippen LogP contribution in [-0.4, -0.2) is 30.3 Å². The Balaban J connectivity index is 1.48. The van der Waals surface area contributed by atoms with Crippen LogP contribution in [0.25, 0.3) is 0 Å². The van der Waals surface area contributed by atoms with Gasteiger partial charge in [-0.05, 0) is 36.1 Å². The van der Waals surface area contributed by atoms with Crippen LogP contribution in [0.15, 0.2) is 48.5 Å². The molecule has 0 aromatic heterocycles. The molecule has 5 nitrogen and oxygen atoms in total. The Bertz CT molecular complexity index is 732. The van der Waals surface area contributed by atoms with Crippen LogP contribution in [0.4, 0.5) is 10.5 Å². The number of carbonyl (C=O) groups excluding carboxylic acids is 1. The molecule has 2 amide bonds. The van der Waals surface area contributed by atoms with E-state index in [-0.39, 0.29) is 18.7 Å². The van der Waals surface area contributed by atoms with Crippen molar-refractivity contribution in [2.24, 2.45) is 0 Å². The van der Waals surface area contributed by atoms with Crippen LogP contribution in [0.3, 0.4) is 0 Å². The summed E-state index contributed by atoms with van der Waals surface area (Å²) in [5.74, 6) is 0. The molecular weight excluding hydrogens is 314 g/mol. The molecule has 1 atom stereocenters. The van der Waals surface area contributed by atoms with Gasteiger partial charge in [0.1, 0.15) is 0 Å². The molecule has 2 aromatic rings. The average Bonchev–Trinajstić information content (AvgIpc) is 3.09. The van der Waals surface area contributed by atoms with E-state index in [1.807, 2.05) is 24.3 Å². The second-order valence-corrected chi connectivity index (χ2v) is 6.41. The van der Waals surface area contributed by atoms with Gasteiger partial charge >= 0.3 is 6.03 Å². The molecule has 1 aliphatic heterocycles. The van der Waals surface area contributed by atoms with Crippen molar-refractivity contribution in [3.63, 3.8) is 0 Å². The molecule has 0 aliphatic carbocycles. The molecule has 0 radical (unpaired) electrons. The minimum Gasteiger partial charge on any atom is -0.392 e. The number of aliphatic hydroxyl groups is 1. The minimum absolute atomic E-state index is 0.0229. The summed E-state index contributed by atoms with van der Waals surface area (Å²) in [5, 5.41) is 15.1. The number of nitrogens with one attached hydrogen (secondary N) is 2. The highest BCUT2D eigenvalue weighted by atomic mass is 16.3. The Morgan fingerprint density at radius 1 is 1.12 bits per heavy atom. The summed E-state index contributed by atoms with van der Waals surface area (Å²) in [6.07, 6.45) is 1.06. The van der Waals surface area contributed by atoms with Crippen LogP contribution >= 0.6 is 0 Å². The second kappa shape index (κ2) is 8.03. The predicted molar refractivity (Wildman–Crippen MR) is 99.6 cm³/mol. The quantitative estimate of drug-likeness (QED) is 0.757. The van der Waals surface area contributed by atoms with Gasteiger partial charge in [-0.25, -0.2) is 4.79 Å². The first-order chi connectivity index (χ1) is 12.2. The summed E-state index contributed by atoms with van der Waals surface area (Å²) >= 11 is 0. The lowest BCUT2D eigenvalue weighted by Crippen LogP contribution is -2.44. The second-order valence-electron chi connectivity index (χ2n) is 6.41. The van der Waals surface area contributed by atoms with Crippen LogP contribution in [0, 0.1) is 0 Å². The number of benzene rings is 2. The fourth-order valence-electron chi connectivity index (χ4n) is 3.29. The highest BCUT2D eigenvalue weighted by molar-refractivity contribution is 5.74. The molecule has 0 saturated carbocycles. The Hall–Kier alpha value is -2.53. The summed E-state index contributed by atoms with van der Waals surface area (Å²) in [4.78, 5) is 14.4. The van der Waals surface area contributed by atoms with E-state index in [0.717, 1.165) is 24.1 Å². The SMILES string of the molecule is CC(CNC(=O)NCc1ccccc1CO)N1CCc2ccccc21. The van der Waals surface area contributed by atoms with E-state index in [1.165, 1.54) is 11.3 Å². The Kier molecular flexibility index (Phi) is 5.56. The molecule has 3 rings (SSSR count). The van der Waals surface area contributed by atoms with Crippen molar-refractivity contribution in [1.29, 1.82) is 0 Å². The van der Waals surface area contributed by atoms with Crippen molar-refractivity contribution in [1.82, 2.24) is 10.6 Å². The van der Waals surface area contributed by atoms with Gasteiger partial charge in [-0.3, -0.25) is 0 Å². The van der Waals surface area contributed by atoms with Gasteiger partial charge in [-0.1, -0.05) is 42.5 Å². The van der Waals surface area contributed by atoms with Crippen LogP contribution < -0.4 is 15.5 Å². The van der Waals surface area contributed by atoms with Gasteiger partial charge in [0.15, 0.2) is 0 Å². The van der Waals surface area contributed by atoms with Crippen LogP contribution in [0.2, 0.25) is 0 Å². The predicted octanol–water partition coefficient (Wildman–Crippen LogP) is 2.43. The summed E-state index contributed by atoms with van der Waals surface area (Å²) in [5.41, 5.74) is 4.42. The monoisotopic (exact) mass is 339 g/mol. The van der Waals surface area contributed by atoms with E-state index >= 15 is 0 Å². The number of fused-ring (bicyclic) bond motifs is 1. The molecule has 1 aliphatic rings.